The van der Waals surface area contributed by atoms with Gasteiger partial charge < -0.3 is 39.4 Å². The summed E-state index contributed by atoms with van der Waals surface area (Å²) in [6, 6.07) is 21.2. The summed E-state index contributed by atoms with van der Waals surface area (Å²) in [7, 11) is 2.10. The van der Waals surface area contributed by atoms with Gasteiger partial charge in [0.25, 0.3) is 0 Å². The fourth-order valence-electron chi connectivity index (χ4n) is 8.74. The lowest BCUT2D eigenvalue weighted by Crippen LogP contribution is -2.49. The number of fused-ring (bicyclic) bond motifs is 7. The molecule has 4 aromatic carbocycles. The summed E-state index contributed by atoms with van der Waals surface area (Å²) in [5.74, 6) is 0.0726. The third-order valence-corrected chi connectivity index (χ3v) is 14.6. The molecule has 0 aliphatic carbocycles. The Kier molecular flexibility index (Phi) is 15.4. The Hall–Kier alpha value is -5.98. The van der Waals surface area contributed by atoms with E-state index in [9.17, 15) is 14.3 Å². The van der Waals surface area contributed by atoms with Gasteiger partial charge in [-0.15, -0.1) is 11.3 Å². The fraction of sp³-hybridized carbons (Fsp3) is 0.327. The molecular weight excluding hydrogens is 957 g/mol. The Balaban J connectivity index is 1.11. The van der Waals surface area contributed by atoms with Crippen LogP contribution in [-0.4, -0.2) is 124 Å². The number of carbonyl (C=O) groups is 1. The standard InChI is InChI=1S/C52H52Cl2FN7O7S/c1-30-42-31(2)46(54)47(45(30)53)68-39(26-62-21-19-61(3)20-22-62)28-66-38-12-13-40(67-27-37-15-17-57-49(60-37)34-6-4-32(5-7-34)14-16-56-18-23-63)35(24-38)25-41(52(64)65)69-50-44-43(42)48(70-51(44)59-29-58-50)33-8-10-36(55)11-9-33/h4-13,15,17,24,29,39,41,56,63H,14,16,18-23,25-28H2,1-3H3,(H,64,65)/t39-,41-/m1/s1. The largest absolute Gasteiger partial charge is 0.490 e. The summed E-state index contributed by atoms with van der Waals surface area (Å²) in [5.41, 5.74) is 6.33. The molecule has 70 heavy (non-hydrogen) atoms. The van der Waals surface area contributed by atoms with Crippen LogP contribution in [0.1, 0.15) is 27.9 Å². The number of benzene rings is 4. The first-order chi connectivity index (χ1) is 33.9. The molecule has 7 aromatic rings. The zero-order chi connectivity index (χ0) is 48.9. The Bertz CT molecular complexity index is 2960. The molecule has 3 aromatic heterocycles. The molecule has 1 fully saturated rings. The smallest absolute Gasteiger partial charge is 0.345 e. The Morgan fingerprint density at radius 2 is 1.66 bits per heavy atom. The average molecular weight is 1010 g/mol. The number of ether oxygens (including phenoxy) is 4. The van der Waals surface area contributed by atoms with Crippen LogP contribution in [-0.2, 0) is 24.2 Å². The molecule has 0 saturated carbocycles. The maximum atomic E-state index is 14.4. The number of piperazine rings is 1. The molecule has 0 unspecified atom stereocenters. The van der Waals surface area contributed by atoms with Crippen molar-refractivity contribution in [2.45, 2.75) is 45.5 Å². The first-order valence-electron chi connectivity index (χ1n) is 23.0. The van der Waals surface area contributed by atoms with Crippen LogP contribution in [0.3, 0.4) is 0 Å². The number of thiophene rings is 1. The van der Waals surface area contributed by atoms with E-state index in [1.54, 1.807) is 42.6 Å². The van der Waals surface area contributed by atoms with Gasteiger partial charge in [-0.25, -0.2) is 29.1 Å². The van der Waals surface area contributed by atoms with Crippen molar-refractivity contribution in [2.24, 2.45) is 0 Å². The van der Waals surface area contributed by atoms with E-state index < -0.39 is 24.0 Å². The second kappa shape index (κ2) is 22.0. The van der Waals surface area contributed by atoms with Crippen molar-refractivity contribution >= 4 is 50.7 Å². The molecule has 1 saturated heterocycles. The monoisotopic (exact) mass is 1010 g/mol. The molecule has 14 nitrogen and oxygen atoms in total. The topological polar surface area (TPSA) is 165 Å². The first-order valence-corrected chi connectivity index (χ1v) is 24.6. The van der Waals surface area contributed by atoms with E-state index in [4.69, 9.17) is 52.2 Å². The van der Waals surface area contributed by atoms with E-state index in [0.29, 0.717) is 100 Å². The number of aliphatic carboxylic acids is 1. The van der Waals surface area contributed by atoms with Gasteiger partial charge in [0.1, 0.15) is 47.8 Å². The number of halogens is 3. The van der Waals surface area contributed by atoms with Crippen LogP contribution in [0.4, 0.5) is 4.39 Å². The normalized spacial score (nSPS) is 16.6. The third-order valence-electron chi connectivity index (χ3n) is 12.5. The highest BCUT2D eigenvalue weighted by Crippen LogP contribution is 2.53. The summed E-state index contributed by atoms with van der Waals surface area (Å²) < 4.78 is 40.7. The molecule has 2 atom stereocenters. The fourth-order valence-corrected chi connectivity index (χ4v) is 10.4. The number of carboxylic acid groups (broad SMARTS) is 1. The first kappa shape index (κ1) is 49.0. The van der Waals surface area contributed by atoms with Gasteiger partial charge in [0.15, 0.2) is 11.6 Å². The number of hydrogen-bond donors (Lipinski definition) is 3. The van der Waals surface area contributed by atoms with Crippen molar-refractivity contribution in [1.82, 2.24) is 35.1 Å². The number of nitrogens with one attached hydrogen (secondary N) is 1. The van der Waals surface area contributed by atoms with E-state index in [2.05, 4.69) is 37.1 Å². The van der Waals surface area contributed by atoms with Gasteiger partial charge in [-0.2, -0.15) is 0 Å². The van der Waals surface area contributed by atoms with Crippen molar-refractivity contribution < 1.29 is 38.3 Å². The lowest BCUT2D eigenvalue weighted by molar-refractivity contribution is -0.145. The minimum Gasteiger partial charge on any atom is -0.490 e. The lowest BCUT2D eigenvalue weighted by Gasteiger charge is -2.35. The minimum absolute atomic E-state index is 0.0229. The molecular formula is C52H52Cl2FN7O7S. The number of aliphatic hydroxyl groups is 1. The van der Waals surface area contributed by atoms with Crippen LogP contribution in [0.2, 0.25) is 10.0 Å². The third kappa shape index (κ3) is 11.0. The number of carboxylic acids is 1. The summed E-state index contributed by atoms with van der Waals surface area (Å²) >= 11 is 16.0. The molecule has 0 amide bonds. The predicted octanol–water partition coefficient (Wildman–Crippen LogP) is 8.71. The molecule has 364 valence electrons. The summed E-state index contributed by atoms with van der Waals surface area (Å²) in [6.45, 7) is 9.26. The maximum Gasteiger partial charge on any atom is 0.345 e. The SMILES string of the molecule is Cc1c(Cl)c2c(Cl)c(C)c1-c1c(-c3ccc(F)cc3)sc3ncnc(c13)O[C@@H](C(=O)O)Cc1cc(ccc1OCc1ccnc(-c3ccc(CCNCCO)cc3)n1)OC[C@@H](CN1CCN(C)CC1)O2. The van der Waals surface area contributed by atoms with Gasteiger partial charge in [-0.1, -0.05) is 59.6 Å². The number of likely N-dealkylation sites (N-methyl/N-ethyl adjacent to an activating group) is 1. The number of aromatic nitrogens is 4. The number of hydrogen-bond acceptors (Lipinski definition) is 14. The van der Waals surface area contributed by atoms with Crippen LogP contribution < -0.4 is 24.3 Å². The highest BCUT2D eigenvalue weighted by Gasteiger charge is 2.32. The molecule has 0 radical (unpaired) electrons. The van der Waals surface area contributed by atoms with Gasteiger partial charge in [0, 0.05) is 73.5 Å². The zero-order valence-corrected chi connectivity index (χ0v) is 41.2. The van der Waals surface area contributed by atoms with Crippen LogP contribution in [0, 0.1) is 19.7 Å². The van der Waals surface area contributed by atoms with E-state index in [1.165, 1.54) is 29.8 Å². The summed E-state index contributed by atoms with van der Waals surface area (Å²) in [5, 5.41) is 24.2. The van der Waals surface area contributed by atoms with Gasteiger partial charge >= 0.3 is 5.97 Å². The maximum absolute atomic E-state index is 14.4. The van der Waals surface area contributed by atoms with Crippen LogP contribution in [0.5, 0.6) is 23.1 Å². The van der Waals surface area contributed by atoms with E-state index >= 15 is 0 Å². The number of rotatable bonds is 13. The van der Waals surface area contributed by atoms with E-state index in [0.717, 1.165) is 50.3 Å². The molecule has 0 spiro atoms. The van der Waals surface area contributed by atoms with Crippen LogP contribution in [0.15, 0.2) is 85.3 Å². The zero-order valence-electron chi connectivity index (χ0n) is 38.9. The van der Waals surface area contributed by atoms with E-state index in [-0.39, 0.29) is 32.1 Å². The Morgan fingerprint density at radius 3 is 2.39 bits per heavy atom. The minimum atomic E-state index is -1.47. The van der Waals surface area contributed by atoms with Crippen molar-refractivity contribution in [1.29, 1.82) is 0 Å². The lowest BCUT2D eigenvalue weighted by atomic mass is 9.92. The molecule has 3 aliphatic rings. The average Bonchev–Trinajstić information content (AvgIpc) is 3.75. The molecule has 4 bridgehead atoms. The Labute approximate surface area is 419 Å². The summed E-state index contributed by atoms with van der Waals surface area (Å²) in [6.07, 6.45) is 1.65. The van der Waals surface area contributed by atoms with Gasteiger partial charge in [0.05, 0.1) is 27.7 Å². The van der Waals surface area contributed by atoms with Gasteiger partial charge in [-0.05, 0) is 98.1 Å². The van der Waals surface area contributed by atoms with Gasteiger partial charge in [-0.3, -0.25) is 4.90 Å². The second-order valence-electron chi connectivity index (χ2n) is 17.4. The van der Waals surface area contributed by atoms with Crippen molar-refractivity contribution in [3.63, 3.8) is 0 Å². The number of aliphatic hydroxyl groups excluding tert-OH is 1. The van der Waals surface area contributed by atoms with E-state index in [1.807, 2.05) is 38.1 Å². The predicted molar refractivity (Wildman–Crippen MR) is 269 cm³/mol. The van der Waals surface area contributed by atoms with Crippen molar-refractivity contribution in [3.05, 3.63) is 129 Å². The molecule has 3 aliphatic heterocycles. The highest BCUT2D eigenvalue weighted by molar-refractivity contribution is 7.22. The molecule has 3 N–H and O–H groups in total. The summed E-state index contributed by atoms with van der Waals surface area (Å²) in [4.78, 5) is 37.7. The Morgan fingerprint density at radius 1 is 0.914 bits per heavy atom. The van der Waals surface area contributed by atoms with Gasteiger partial charge in [0.2, 0.25) is 12.0 Å². The second-order valence-corrected chi connectivity index (χ2v) is 19.2. The number of nitrogens with zero attached hydrogens (tertiary/aromatic N) is 6. The van der Waals surface area contributed by atoms with Crippen LogP contribution >= 0.6 is 34.5 Å². The highest BCUT2D eigenvalue weighted by atomic mass is 35.5. The molecule has 10 rings (SSSR count). The van der Waals surface area contributed by atoms with Crippen molar-refractivity contribution in [2.75, 3.05) is 66.1 Å². The molecule has 18 heteroatoms. The van der Waals surface area contributed by atoms with Crippen molar-refractivity contribution in [3.8, 4) is 56.1 Å². The molecule has 6 heterocycles. The van der Waals surface area contributed by atoms with Crippen LogP contribution in [0.25, 0.3) is 43.2 Å². The quantitative estimate of drug-likeness (QED) is 0.0940.